The van der Waals surface area contributed by atoms with E-state index in [1.807, 2.05) is 19.1 Å². The number of fused-ring (bicyclic) bond motifs is 1. The number of amides is 1. The standard InChI is InChI=1S/C22H26N2O3S/c1-16-11-12-18(28(26,27)24-13-4-5-14-24)15-20(16)22(25)23-21-10-6-8-17-7-2-3-9-19(17)21/h2-3,7,9,11-12,15,21H,4-6,8,10,13-14H2,1H3,(H,23,25). The minimum Gasteiger partial charge on any atom is -0.345 e. The van der Waals surface area contributed by atoms with Gasteiger partial charge < -0.3 is 5.32 Å². The Kier molecular flexibility index (Phi) is 5.25. The van der Waals surface area contributed by atoms with Crippen LogP contribution in [0, 0.1) is 6.92 Å². The molecule has 2 aromatic carbocycles. The maximum Gasteiger partial charge on any atom is 0.252 e. The van der Waals surface area contributed by atoms with Crippen LogP contribution in [-0.4, -0.2) is 31.7 Å². The van der Waals surface area contributed by atoms with Gasteiger partial charge in [-0.25, -0.2) is 8.42 Å². The number of nitrogens with one attached hydrogen (secondary N) is 1. The summed E-state index contributed by atoms with van der Waals surface area (Å²) in [4.78, 5) is 13.2. The molecular weight excluding hydrogens is 372 g/mol. The van der Waals surface area contributed by atoms with Crippen LogP contribution in [0.15, 0.2) is 47.4 Å². The first-order valence-corrected chi connectivity index (χ1v) is 11.4. The molecule has 6 heteroatoms. The van der Waals surface area contributed by atoms with Crippen molar-refractivity contribution in [2.24, 2.45) is 0 Å². The second-order valence-electron chi connectivity index (χ2n) is 7.71. The SMILES string of the molecule is Cc1ccc(S(=O)(=O)N2CCCC2)cc1C(=O)NC1CCCc2ccccc21. The Morgan fingerprint density at radius 3 is 2.61 bits per heavy atom. The summed E-state index contributed by atoms with van der Waals surface area (Å²) in [6.07, 6.45) is 4.74. The molecule has 0 aromatic heterocycles. The molecule has 2 aromatic rings. The van der Waals surface area contributed by atoms with Gasteiger partial charge in [0, 0.05) is 18.7 Å². The lowest BCUT2D eigenvalue weighted by Crippen LogP contribution is -2.32. The first-order chi connectivity index (χ1) is 13.5. The Hall–Kier alpha value is -2.18. The quantitative estimate of drug-likeness (QED) is 0.856. The van der Waals surface area contributed by atoms with Crippen molar-refractivity contribution in [1.29, 1.82) is 0 Å². The van der Waals surface area contributed by atoms with Gasteiger partial charge in [-0.3, -0.25) is 4.79 Å². The van der Waals surface area contributed by atoms with Crippen LogP contribution in [0.5, 0.6) is 0 Å². The van der Waals surface area contributed by atoms with Crippen LogP contribution in [-0.2, 0) is 16.4 Å². The molecule has 1 aliphatic heterocycles. The first-order valence-electron chi connectivity index (χ1n) is 9.96. The molecule has 0 bridgehead atoms. The molecular formula is C22H26N2O3S. The van der Waals surface area contributed by atoms with E-state index in [-0.39, 0.29) is 16.8 Å². The Morgan fingerprint density at radius 2 is 1.82 bits per heavy atom. The third kappa shape index (κ3) is 3.59. The first kappa shape index (κ1) is 19.2. The average molecular weight is 399 g/mol. The van der Waals surface area contributed by atoms with Crippen molar-refractivity contribution in [2.75, 3.05) is 13.1 Å². The minimum absolute atomic E-state index is 0.0318. The average Bonchev–Trinajstić information content (AvgIpc) is 3.24. The summed E-state index contributed by atoms with van der Waals surface area (Å²) in [5.74, 6) is -0.210. The zero-order valence-corrected chi connectivity index (χ0v) is 17.0. The van der Waals surface area contributed by atoms with Gasteiger partial charge in [0.25, 0.3) is 5.91 Å². The highest BCUT2D eigenvalue weighted by molar-refractivity contribution is 7.89. The molecule has 4 rings (SSSR count). The lowest BCUT2D eigenvalue weighted by atomic mass is 9.87. The number of sulfonamides is 1. The monoisotopic (exact) mass is 398 g/mol. The van der Waals surface area contributed by atoms with E-state index in [0.717, 1.165) is 37.7 Å². The number of nitrogens with zero attached hydrogens (tertiary/aromatic N) is 1. The van der Waals surface area contributed by atoms with Crippen LogP contribution in [0.25, 0.3) is 0 Å². The normalized spacial score (nSPS) is 20.0. The molecule has 1 heterocycles. The number of rotatable bonds is 4. The smallest absolute Gasteiger partial charge is 0.252 e. The molecule has 0 spiro atoms. The van der Waals surface area contributed by atoms with Gasteiger partial charge in [0.2, 0.25) is 10.0 Å². The summed E-state index contributed by atoms with van der Waals surface area (Å²) in [7, 11) is -3.54. The van der Waals surface area contributed by atoms with Gasteiger partial charge in [-0.2, -0.15) is 4.31 Å². The Balaban J connectivity index is 1.60. The van der Waals surface area contributed by atoms with Crippen LogP contribution >= 0.6 is 0 Å². The molecule has 148 valence electrons. The summed E-state index contributed by atoms with van der Waals surface area (Å²) in [6.45, 7) is 2.95. The Bertz CT molecular complexity index is 995. The topological polar surface area (TPSA) is 66.5 Å². The molecule has 0 radical (unpaired) electrons. The van der Waals surface area contributed by atoms with Gasteiger partial charge in [0.05, 0.1) is 10.9 Å². The molecule has 1 amide bonds. The van der Waals surface area contributed by atoms with E-state index < -0.39 is 10.0 Å². The molecule has 1 fully saturated rings. The second kappa shape index (κ2) is 7.68. The Labute approximate surface area is 166 Å². The van der Waals surface area contributed by atoms with Gasteiger partial charge in [-0.1, -0.05) is 30.3 Å². The summed E-state index contributed by atoms with van der Waals surface area (Å²) >= 11 is 0. The van der Waals surface area contributed by atoms with Gasteiger partial charge in [-0.05, 0) is 67.9 Å². The molecule has 1 aliphatic carbocycles. The van der Waals surface area contributed by atoms with Gasteiger partial charge >= 0.3 is 0 Å². The second-order valence-corrected chi connectivity index (χ2v) is 9.64. The molecule has 0 saturated carbocycles. The van der Waals surface area contributed by atoms with E-state index in [2.05, 4.69) is 17.4 Å². The number of hydrogen-bond donors (Lipinski definition) is 1. The van der Waals surface area contributed by atoms with Crippen molar-refractivity contribution < 1.29 is 13.2 Å². The number of carbonyl (C=O) groups is 1. The zero-order valence-electron chi connectivity index (χ0n) is 16.1. The van der Waals surface area contributed by atoms with E-state index in [4.69, 9.17) is 0 Å². The summed E-state index contributed by atoms with van der Waals surface area (Å²) < 4.78 is 27.2. The summed E-state index contributed by atoms with van der Waals surface area (Å²) in [6, 6.07) is 13.0. The van der Waals surface area contributed by atoms with Gasteiger partial charge in [-0.15, -0.1) is 0 Å². The molecule has 2 aliphatic rings. The molecule has 1 saturated heterocycles. The van der Waals surface area contributed by atoms with Crippen LogP contribution in [0.3, 0.4) is 0 Å². The zero-order chi connectivity index (χ0) is 19.7. The fourth-order valence-electron chi connectivity index (χ4n) is 4.22. The Morgan fingerprint density at radius 1 is 1.07 bits per heavy atom. The number of benzene rings is 2. The highest BCUT2D eigenvalue weighted by Gasteiger charge is 2.29. The predicted molar refractivity (Wildman–Crippen MR) is 109 cm³/mol. The third-order valence-electron chi connectivity index (χ3n) is 5.83. The van der Waals surface area contributed by atoms with Crippen molar-refractivity contribution >= 4 is 15.9 Å². The highest BCUT2D eigenvalue weighted by atomic mass is 32.2. The van der Waals surface area contributed by atoms with Crippen molar-refractivity contribution in [2.45, 2.75) is 50.0 Å². The van der Waals surface area contributed by atoms with E-state index in [1.165, 1.54) is 21.5 Å². The van der Waals surface area contributed by atoms with E-state index >= 15 is 0 Å². The third-order valence-corrected chi connectivity index (χ3v) is 7.73. The van der Waals surface area contributed by atoms with Crippen molar-refractivity contribution in [3.8, 4) is 0 Å². The predicted octanol–water partition coefficient (Wildman–Crippen LogP) is 3.59. The largest absolute Gasteiger partial charge is 0.345 e. The van der Waals surface area contributed by atoms with Crippen molar-refractivity contribution in [3.63, 3.8) is 0 Å². The lowest BCUT2D eigenvalue weighted by molar-refractivity contribution is 0.0932. The summed E-state index contributed by atoms with van der Waals surface area (Å²) in [5.41, 5.74) is 3.66. The van der Waals surface area contributed by atoms with Crippen LogP contribution in [0.2, 0.25) is 0 Å². The van der Waals surface area contributed by atoms with Gasteiger partial charge in [0.15, 0.2) is 0 Å². The summed E-state index contributed by atoms with van der Waals surface area (Å²) in [5, 5.41) is 3.13. The fraction of sp³-hybridized carbons (Fsp3) is 0.409. The van der Waals surface area contributed by atoms with Crippen LogP contribution in [0.1, 0.15) is 58.8 Å². The minimum atomic E-state index is -3.54. The molecule has 1 unspecified atom stereocenters. The van der Waals surface area contributed by atoms with Gasteiger partial charge in [0.1, 0.15) is 0 Å². The van der Waals surface area contributed by atoms with Crippen molar-refractivity contribution in [3.05, 3.63) is 64.7 Å². The van der Waals surface area contributed by atoms with E-state index in [9.17, 15) is 13.2 Å². The number of hydrogen-bond acceptors (Lipinski definition) is 3. The van der Waals surface area contributed by atoms with Crippen molar-refractivity contribution in [1.82, 2.24) is 9.62 Å². The molecule has 5 nitrogen and oxygen atoms in total. The number of aryl methyl sites for hydroxylation is 2. The highest BCUT2D eigenvalue weighted by Crippen LogP contribution is 2.30. The molecule has 1 N–H and O–H groups in total. The molecule has 28 heavy (non-hydrogen) atoms. The maximum atomic E-state index is 13.0. The van der Waals surface area contributed by atoms with E-state index in [0.29, 0.717) is 18.7 Å². The van der Waals surface area contributed by atoms with Crippen LogP contribution < -0.4 is 5.32 Å². The number of carbonyl (C=O) groups excluding carboxylic acids is 1. The molecule has 1 atom stereocenters. The lowest BCUT2D eigenvalue weighted by Gasteiger charge is -2.26. The fourth-order valence-corrected chi connectivity index (χ4v) is 5.77. The van der Waals surface area contributed by atoms with Crippen LogP contribution in [0.4, 0.5) is 0 Å². The van der Waals surface area contributed by atoms with E-state index in [1.54, 1.807) is 12.1 Å². The maximum absolute atomic E-state index is 13.0.